The van der Waals surface area contributed by atoms with Crippen LogP contribution in [0.3, 0.4) is 0 Å². The fraction of sp³-hybridized carbons (Fsp3) is 0. The standard InChI is InChI=1S/C8H6N2O4/c9-7(11)6-4(8(12)13)2-1-3-5(6)10-14/h1-3H,(H2,9,11)(H,12,13). The van der Waals surface area contributed by atoms with Gasteiger partial charge in [-0.2, -0.15) is 0 Å². The average molecular weight is 194 g/mol. The molecule has 0 spiro atoms. The van der Waals surface area contributed by atoms with E-state index in [1.54, 1.807) is 0 Å². The molecule has 1 rings (SSSR count). The second kappa shape index (κ2) is 3.65. The van der Waals surface area contributed by atoms with Crippen molar-refractivity contribution < 1.29 is 14.7 Å². The summed E-state index contributed by atoms with van der Waals surface area (Å²) in [7, 11) is 0. The maximum atomic E-state index is 10.9. The van der Waals surface area contributed by atoms with Gasteiger partial charge in [-0.15, -0.1) is 4.91 Å². The van der Waals surface area contributed by atoms with Gasteiger partial charge in [0.05, 0.1) is 11.1 Å². The molecule has 3 N–H and O–H groups in total. The van der Waals surface area contributed by atoms with Crippen molar-refractivity contribution in [1.82, 2.24) is 0 Å². The summed E-state index contributed by atoms with van der Waals surface area (Å²) < 4.78 is 0. The SMILES string of the molecule is NC(=O)c1c(N=O)cccc1C(=O)O. The van der Waals surface area contributed by atoms with E-state index >= 15 is 0 Å². The first-order valence-electron chi connectivity index (χ1n) is 3.57. The summed E-state index contributed by atoms with van der Waals surface area (Å²) in [5, 5.41) is 11.2. The number of nitrogens with two attached hydrogens (primary N) is 1. The third-order valence-corrected chi connectivity index (χ3v) is 1.62. The highest BCUT2D eigenvalue weighted by molar-refractivity contribution is 6.07. The van der Waals surface area contributed by atoms with Crippen molar-refractivity contribution in [2.45, 2.75) is 0 Å². The molecule has 6 heteroatoms. The van der Waals surface area contributed by atoms with Crippen LogP contribution in [0.4, 0.5) is 5.69 Å². The number of nitrogens with zero attached hydrogens (tertiary/aromatic N) is 1. The minimum Gasteiger partial charge on any atom is -0.478 e. The summed E-state index contributed by atoms with van der Waals surface area (Å²) >= 11 is 0. The molecule has 0 saturated heterocycles. The maximum Gasteiger partial charge on any atom is 0.336 e. The van der Waals surface area contributed by atoms with Crippen molar-refractivity contribution >= 4 is 17.6 Å². The predicted octanol–water partition coefficient (Wildman–Crippen LogP) is 0.882. The van der Waals surface area contributed by atoms with E-state index in [0.717, 1.165) is 0 Å². The maximum absolute atomic E-state index is 10.9. The summed E-state index contributed by atoms with van der Waals surface area (Å²) in [6.45, 7) is 0. The van der Waals surface area contributed by atoms with Crippen molar-refractivity contribution in [2.75, 3.05) is 0 Å². The lowest BCUT2D eigenvalue weighted by Crippen LogP contribution is -2.16. The molecule has 0 saturated carbocycles. The molecule has 0 aromatic heterocycles. The zero-order valence-corrected chi connectivity index (χ0v) is 6.93. The smallest absolute Gasteiger partial charge is 0.336 e. The van der Waals surface area contributed by atoms with Gasteiger partial charge in [0.1, 0.15) is 5.69 Å². The Kier molecular flexibility index (Phi) is 2.57. The van der Waals surface area contributed by atoms with E-state index in [9.17, 15) is 14.5 Å². The zero-order valence-electron chi connectivity index (χ0n) is 6.93. The van der Waals surface area contributed by atoms with Crippen LogP contribution in [0.1, 0.15) is 20.7 Å². The number of carboxylic acids is 1. The molecule has 0 aliphatic rings. The number of primary amides is 1. The fourth-order valence-corrected chi connectivity index (χ4v) is 1.05. The van der Waals surface area contributed by atoms with Gasteiger partial charge < -0.3 is 10.8 Å². The lowest BCUT2D eigenvalue weighted by Gasteiger charge is -2.02. The Bertz CT molecular complexity index is 414. The van der Waals surface area contributed by atoms with Gasteiger partial charge >= 0.3 is 5.97 Å². The Labute approximate surface area is 78.3 Å². The minimum atomic E-state index is -1.33. The summed E-state index contributed by atoms with van der Waals surface area (Å²) in [6, 6.07) is 3.71. The number of carboxylic acid groups (broad SMARTS) is 1. The first kappa shape index (κ1) is 9.85. The van der Waals surface area contributed by atoms with Crippen LogP contribution in [-0.4, -0.2) is 17.0 Å². The number of carbonyl (C=O) groups is 2. The van der Waals surface area contributed by atoms with E-state index in [1.807, 2.05) is 0 Å². The minimum absolute atomic E-state index is 0.266. The number of hydrogen-bond donors (Lipinski definition) is 2. The molecule has 0 atom stereocenters. The molecule has 0 radical (unpaired) electrons. The van der Waals surface area contributed by atoms with Gasteiger partial charge in [0, 0.05) is 0 Å². The van der Waals surface area contributed by atoms with E-state index in [1.165, 1.54) is 18.2 Å². The van der Waals surface area contributed by atoms with Crippen LogP contribution in [0.25, 0.3) is 0 Å². The Morgan fingerprint density at radius 2 is 2.00 bits per heavy atom. The van der Waals surface area contributed by atoms with Crippen LogP contribution in [-0.2, 0) is 0 Å². The Morgan fingerprint density at radius 3 is 2.43 bits per heavy atom. The van der Waals surface area contributed by atoms with Crippen molar-refractivity contribution in [3.05, 3.63) is 34.2 Å². The van der Waals surface area contributed by atoms with Gasteiger partial charge in [-0.25, -0.2) is 4.79 Å². The highest BCUT2D eigenvalue weighted by Crippen LogP contribution is 2.22. The van der Waals surface area contributed by atoms with E-state index in [4.69, 9.17) is 10.8 Å². The summed E-state index contributed by atoms with van der Waals surface area (Å²) in [6.07, 6.45) is 0. The van der Waals surface area contributed by atoms with E-state index < -0.39 is 11.9 Å². The quantitative estimate of drug-likeness (QED) is 0.695. The van der Waals surface area contributed by atoms with Crippen LogP contribution < -0.4 is 5.73 Å². The molecular weight excluding hydrogens is 188 g/mol. The van der Waals surface area contributed by atoms with Gasteiger partial charge in [-0.05, 0) is 17.3 Å². The van der Waals surface area contributed by atoms with Crippen LogP contribution in [0.5, 0.6) is 0 Å². The number of aromatic carboxylic acids is 1. The van der Waals surface area contributed by atoms with Crippen molar-refractivity contribution in [1.29, 1.82) is 0 Å². The van der Waals surface area contributed by atoms with Crippen LogP contribution in [0, 0.1) is 4.91 Å². The average Bonchev–Trinajstić information content (AvgIpc) is 2.16. The third kappa shape index (κ3) is 1.58. The van der Waals surface area contributed by atoms with Crippen molar-refractivity contribution in [3.8, 4) is 0 Å². The summed E-state index contributed by atoms with van der Waals surface area (Å²) in [5.41, 5.74) is 3.97. The number of hydrogen-bond acceptors (Lipinski definition) is 4. The number of nitroso groups, excluding NO2 is 1. The molecule has 14 heavy (non-hydrogen) atoms. The highest BCUT2D eigenvalue weighted by Gasteiger charge is 2.18. The lowest BCUT2D eigenvalue weighted by molar-refractivity contribution is 0.0692. The molecule has 0 unspecified atom stereocenters. The summed E-state index contributed by atoms with van der Waals surface area (Å²) in [4.78, 5) is 31.8. The van der Waals surface area contributed by atoms with Crippen LogP contribution in [0.2, 0.25) is 0 Å². The Balaban J connectivity index is 3.51. The largest absolute Gasteiger partial charge is 0.478 e. The lowest BCUT2D eigenvalue weighted by atomic mass is 10.1. The molecule has 1 amide bonds. The summed E-state index contributed by atoms with van der Waals surface area (Å²) in [5.74, 6) is -2.32. The molecule has 0 aliphatic carbocycles. The van der Waals surface area contributed by atoms with Gasteiger partial charge in [0.15, 0.2) is 0 Å². The molecule has 72 valence electrons. The van der Waals surface area contributed by atoms with Crippen LogP contribution in [0.15, 0.2) is 23.4 Å². The van der Waals surface area contributed by atoms with Crippen LogP contribution >= 0.6 is 0 Å². The first-order valence-corrected chi connectivity index (χ1v) is 3.57. The number of amides is 1. The normalized spacial score (nSPS) is 9.43. The molecule has 1 aromatic carbocycles. The topological polar surface area (TPSA) is 110 Å². The second-order valence-electron chi connectivity index (χ2n) is 2.46. The zero-order chi connectivity index (χ0) is 10.7. The first-order chi connectivity index (χ1) is 6.57. The van der Waals surface area contributed by atoms with Gasteiger partial charge in [0.25, 0.3) is 5.91 Å². The van der Waals surface area contributed by atoms with E-state index in [-0.39, 0.29) is 16.8 Å². The monoisotopic (exact) mass is 194 g/mol. The molecule has 0 fully saturated rings. The molecule has 0 aliphatic heterocycles. The van der Waals surface area contributed by atoms with Crippen molar-refractivity contribution in [3.63, 3.8) is 0 Å². The molecule has 6 nitrogen and oxygen atoms in total. The fourth-order valence-electron chi connectivity index (χ4n) is 1.05. The molecule has 1 aromatic rings. The van der Waals surface area contributed by atoms with Gasteiger partial charge in [0.2, 0.25) is 0 Å². The number of rotatable bonds is 3. The van der Waals surface area contributed by atoms with E-state index in [0.29, 0.717) is 0 Å². The Morgan fingerprint density at radius 1 is 1.36 bits per heavy atom. The van der Waals surface area contributed by atoms with Gasteiger partial charge in [-0.1, -0.05) is 6.07 Å². The third-order valence-electron chi connectivity index (χ3n) is 1.62. The molecule has 0 bridgehead atoms. The predicted molar refractivity (Wildman–Crippen MR) is 47.4 cm³/mol. The van der Waals surface area contributed by atoms with Gasteiger partial charge in [-0.3, -0.25) is 4.79 Å². The number of carbonyl (C=O) groups excluding carboxylic acids is 1. The van der Waals surface area contributed by atoms with Crippen molar-refractivity contribution in [2.24, 2.45) is 10.9 Å². The molecule has 0 heterocycles. The highest BCUT2D eigenvalue weighted by atomic mass is 16.4. The Hall–Kier alpha value is -2.24. The second-order valence-corrected chi connectivity index (χ2v) is 2.46. The van der Waals surface area contributed by atoms with E-state index in [2.05, 4.69) is 5.18 Å². The molecular formula is C8H6N2O4. The number of benzene rings is 1.